The third-order valence-electron chi connectivity index (χ3n) is 3.30. The van der Waals surface area contributed by atoms with Gasteiger partial charge in [0.25, 0.3) is 0 Å². The lowest BCUT2D eigenvalue weighted by molar-refractivity contribution is -0.141. The highest BCUT2D eigenvalue weighted by atomic mass is 79.9. The summed E-state index contributed by atoms with van der Waals surface area (Å²) in [5.74, 6) is -0.893. The van der Waals surface area contributed by atoms with Crippen molar-refractivity contribution < 1.29 is 14.7 Å². The highest BCUT2D eigenvalue weighted by Gasteiger charge is 2.40. The minimum Gasteiger partial charge on any atom is -0.373 e. The molecule has 0 saturated heterocycles. The predicted molar refractivity (Wildman–Crippen MR) is 87.1 cm³/mol. The van der Waals surface area contributed by atoms with Gasteiger partial charge in [0.05, 0.1) is 0 Å². The summed E-state index contributed by atoms with van der Waals surface area (Å²) in [4.78, 5) is 23.1. The molecule has 0 spiro atoms. The normalized spacial score (nSPS) is 13.5. The number of benzene rings is 2. The standard InChI is InChI=1S/C16H12Br2O3/c1-10-8-13(18)6-7-14(10)16(21,15(20)9-19)11-2-4-12(17)5-3-11/h2-9,21H,1H3. The van der Waals surface area contributed by atoms with Gasteiger partial charge in [0.2, 0.25) is 5.78 Å². The highest BCUT2D eigenvalue weighted by Crippen LogP contribution is 2.34. The summed E-state index contributed by atoms with van der Waals surface area (Å²) in [5, 5.41) is 11.0. The predicted octanol–water partition coefficient (Wildman–Crippen LogP) is 3.52. The van der Waals surface area contributed by atoms with Crippen LogP contribution in [0.5, 0.6) is 0 Å². The smallest absolute Gasteiger partial charge is 0.235 e. The second kappa shape index (κ2) is 6.22. The number of aldehydes is 1. The second-order valence-electron chi connectivity index (χ2n) is 4.66. The van der Waals surface area contributed by atoms with E-state index in [0.717, 1.165) is 8.95 Å². The van der Waals surface area contributed by atoms with E-state index in [0.29, 0.717) is 16.7 Å². The molecule has 108 valence electrons. The molecule has 0 fully saturated rings. The van der Waals surface area contributed by atoms with Crippen LogP contribution < -0.4 is 0 Å². The van der Waals surface area contributed by atoms with Crippen LogP contribution in [-0.2, 0) is 15.2 Å². The summed E-state index contributed by atoms with van der Waals surface area (Å²) in [6, 6.07) is 11.8. The zero-order valence-electron chi connectivity index (χ0n) is 11.1. The Morgan fingerprint density at radius 2 is 1.67 bits per heavy atom. The SMILES string of the molecule is Cc1cc(Br)ccc1C(O)(C(=O)C=O)c1ccc(Br)cc1. The van der Waals surface area contributed by atoms with E-state index in [1.54, 1.807) is 49.4 Å². The maximum absolute atomic E-state index is 12.1. The molecule has 0 heterocycles. The van der Waals surface area contributed by atoms with Gasteiger partial charge in [-0.15, -0.1) is 0 Å². The van der Waals surface area contributed by atoms with E-state index in [2.05, 4.69) is 31.9 Å². The van der Waals surface area contributed by atoms with Crippen LogP contribution in [0.1, 0.15) is 16.7 Å². The minimum atomic E-state index is -1.98. The van der Waals surface area contributed by atoms with Gasteiger partial charge < -0.3 is 5.11 Å². The first-order chi connectivity index (χ1) is 9.89. The fourth-order valence-electron chi connectivity index (χ4n) is 2.24. The number of hydrogen-bond donors (Lipinski definition) is 1. The Bertz CT molecular complexity index is 695. The molecule has 0 aliphatic heterocycles. The second-order valence-corrected chi connectivity index (χ2v) is 6.49. The van der Waals surface area contributed by atoms with Gasteiger partial charge in [0.15, 0.2) is 11.9 Å². The van der Waals surface area contributed by atoms with E-state index < -0.39 is 11.4 Å². The van der Waals surface area contributed by atoms with Gasteiger partial charge >= 0.3 is 0 Å². The Hall–Kier alpha value is -1.30. The van der Waals surface area contributed by atoms with Gasteiger partial charge in [-0.2, -0.15) is 0 Å². The van der Waals surface area contributed by atoms with Gasteiger partial charge in [-0.05, 0) is 47.9 Å². The number of Topliss-reactive ketones (excluding diaryl/α,β-unsaturated/α-hetero) is 1. The fraction of sp³-hybridized carbons (Fsp3) is 0.125. The maximum atomic E-state index is 12.1. The van der Waals surface area contributed by atoms with E-state index in [9.17, 15) is 14.7 Å². The maximum Gasteiger partial charge on any atom is 0.235 e. The van der Waals surface area contributed by atoms with Gasteiger partial charge in [0.1, 0.15) is 0 Å². The Morgan fingerprint density at radius 3 is 2.19 bits per heavy atom. The van der Waals surface area contributed by atoms with E-state index >= 15 is 0 Å². The van der Waals surface area contributed by atoms with Crippen molar-refractivity contribution >= 4 is 43.9 Å². The van der Waals surface area contributed by atoms with Crippen molar-refractivity contribution in [3.63, 3.8) is 0 Å². The third kappa shape index (κ3) is 3.00. The monoisotopic (exact) mass is 410 g/mol. The molecule has 0 aliphatic carbocycles. The van der Waals surface area contributed by atoms with Gasteiger partial charge in [-0.3, -0.25) is 9.59 Å². The molecule has 5 heteroatoms. The first kappa shape index (κ1) is 16.1. The lowest BCUT2D eigenvalue weighted by Crippen LogP contribution is -2.38. The van der Waals surface area contributed by atoms with Crippen LogP contribution in [0, 0.1) is 6.92 Å². The molecule has 2 rings (SSSR count). The van der Waals surface area contributed by atoms with Crippen molar-refractivity contribution in [2.75, 3.05) is 0 Å². The van der Waals surface area contributed by atoms with Crippen LogP contribution in [0.15, 0.2) is 51.4 Å². The molecule has 1 atom stereocenters. The summed E-state index contributed by atoms with van der Waals surface area (Å²) in [6.07, 6.45) is 0.156. The Balaban J connectivity index is 2.70. The largest absolute Gasteiger partial charge is 0.373 e. The number of aryl methyl sites for hydroxylation is 1. The molecular formula is C16H12Br2O3. The van der Waals surface area contributed by atoms with Crippen LogP contribution >= 0.6 is 31.9 Å². The number of hydrogen-bond acceptors (Lipinski definition) is 3. The van der Waals surface area contributed by atoms with Crippen LogP contribution in [0.3, 0.4) is 0 Å². The van der Waals surface area contributed by atoms with E-state index in [1.165, 1.54) is 0 Å². The molecule has 0 aromatic heterocycles. The number of carbonyl (C=O) groups is 2. The van der Waals surface area contributed by atoms with Crippen LogP contribution in [0.2, 0.25) is 0 Å². The lowest BCUT2D eigenvalue weighted by atomic mass is 9.81. The van der Waals surface area contributed by atoms with Crippen LogP contribution in [0.25, 0.3) is 0 Å². The summed E-state index contributed by atoms with van der Waals surface area (Å²) in [5.41, 5.74) is -0.518. The van der Waals surface area contributed by atoms with Crippen molar-refractivity contribution in [2.45, 2.75) is 12.5 Å². The average Bonchev–Trinajstić information content (AvgIpc) is 2.46. The first-order valence-electron chi connectivity index (χ1n) is 6.14. The molecule has 1 unspecified atom stereocenters. The number of aliphatic hydroxyl groups is 1. The summed E-state index contributed by atoms with van der Waals surface area (Å²) in [7, 11) is 0. The summed E-state index contributed by atoms with van der Waals surface area (Å²) < 4.78 is 1.65. The molecule has 21 heavy (non-hydrogen) atoms. The van der Waals surface area contributed by atoms with Crippen LogP contribution in [0.4, 0.5) is 0 Å². The molecule has 0 radical (unpaired) electrons. The zero-order valence-corrected chi connectivity index (χ0v) is 14.3. The van der Waals surface area contributed by atoms with E-state index in [1.807, 2.05) is 0 Å². The van der Waals surface area contributed by atoms with Crippen molar-refractivity contribution in [3.05, 3.63) is 68.1 Å². The molecule has 3 nitrogen and oxygen atoms in total. The van der Waals surface area contributed by atoms with Gasteiger partial charge in [-0.1, -0.05) is 50.1 Å². The minimum absolute atomic E-state index is 0.156. The summed E-state index contributed by atoms with van der Waals surface area (Å²) >= 11 is 6.64. The number of carbonyl (C=O) groups excluding carboxylic acids is 2. The molecule has 0 aliphatic rings. The molecule has 0 bridgehead atoms. The number of rotatable bonds is 4. The first-order valence-corrected chi connectivity index (χ1v) is 7.73. The van der Waals surface area contributed by atoms with Gasteiger partial charge in [0, 0.05) is 8.95 Å². The molecule has 1 N–H and O–H groups in total. The van der Waals surface area contributed by atoms with Crippen molar-refractivity contribution in [1.82, 2.24) is 0 Å². The molecule has 0 amide bonds. The summed E-state index contributed by atoms with van der Waals surface area (Å²) in [6.45, 7) is 1.78. The average molecular weight is 412 g/mol. The molecule has 2 aromatic rings. The van der Waals surface area contributed by atoms with Crippen molar-refractivity contribution in [1.29, 1.82) is 0 Å². The van der Waals surface area contributed by atoms with Crippen molar-refractivity contribution in [3.8, 4) is 0 Å². The Morgan fingerprint density at radius 1 is 1.10 bits per heavy atom. The molecule has 2 aromatic carbocycles. The Labute approximate surface area is 139 Å². The Kier molecular flexibility index (Phi) is 4.76. The number of ketones is 1. The quantitative estimate of drug-likeness (QED) is 0.618. The number of halogens is 2. The van der Waals surface area contributed by atoms with Gasteiger partial charge in [-0.25, -0.2) is 0 Å². The fourth-order valence-corrected chi connectivity index (χ4v) is 2.98. The highest BCUT2D eigenvalue weighted by molar-refractivity contribution is 9.10. The topological polar surface area (TPSA) is 54.4 Å². The van der Waals surface area contributed by atoms with E-state index in [4.69, 9.17) is 0 Å². The lowest BCUT2D eigenvalue weighted by Gasteiger charge is -2.27. The van der Waals surface area contributed by atoms with Crippen LogP contribution in [-0.4, -0.2) is 17.2 Å². The van der Waals surface area contributed by atoms with E-state index in [-0.39, 0.29) is 6.29 Å². The van der Waals surface area contributed by atoms with Crippen molar-refractivity contribution in [2.24, 2.45) is 0 Å². The third-order valence-corrected chi connectivity index (χ3v) is 4.33. The zero-order chi connectivity index (χ0) is 15.6. The molecular weight excluding hydrogens is 400 g/mol. The molecule has 0 saturated carbocycles.